The van der Waals surface area contributed by atoms with Gasteiger partial charge in [0.05, 0.1) is 58.7 Å². The minimum absolute atomic E-state index is 0.119. The second kappa shape index (κ2) is 13.3. The Bertz CT molecular complexity index is 1520. The molecule has 3 aromatic carbocycles. The van der Waals surface area contributed by atoms with Crippen LogP contribution in [-0.4, -0.2) is 45.3 Å². The molecule has 1 N–H and O–H groups in total. The van der Waals surface area contributed by atoms with Crippen LogP contribution in [0.2, 0.25) is 5.02 Å². The number of benzene rings is 3. The maximum absolute atomic E-state index is 13.2. The first-order valence-corrected chi connectivity index (χ1v) is 13.5. The van der Waals surface area contributed by atoms with Gasteiger partial charge in [0.25, 0.3) is 0 Å². The summed E-state index contributed by atoms with van der Waals surface area (Å²) in [6, 6.07) is 14.7. The quantitative estimate of drug-likeness (QED) is 0.273. The molecule has 4 rings (SSSR count). The van der Waals surface area contributed by atoms with E-state index in [-0.39, 0.29) is 13.1 Å². The number of aliphatic imine (C=N–C) groups is 1. The number of alkyl halides is 3. The molecular weight excluding hydrogens is 587 g/mol. The monoisotopic (exact) mass is 617 g/mol. The summed E-state index contributed by atoms with van der Waals surface area (Å²) in [5.41, 5.74) is 2.07. The van der Waals surface area contributed by atoms with E-state index in [0.717, 1.165) is 17.7 Å². The lowest BCUT2D eigenvalue weighted by atomic mass is 9.94. The molecule has 0 saturated heterocycles. The molecule has 3 aromatic rings. The van der Waals surface area contributed by atoms with E-state index < -0.39 is 23.8 Å². The second-order valence-electron chi connectivity index (χ2n) is 9.58. The van der Waals surface area contributed by atoms with Gasteiger partial charge in [0.1, 0.15) is 0 Å². The molecular formula is C31H31ClF3N3O5. The summed E-state index contributed by atoms with van der Waals surface area (Å²) in [7, 11) is 5.82. The number of methoxy groups -OCH3 is 4. The molecule has 0 aliphatic carbocycles. The smallest absolute Gasteiger partial charge is 0.416 e. The number of carbonyl (C=O) groups excluding carboxylic acids is 1. The number of esters is 1. The number of halogens is 4. The van der Waals surface area contributed by atoms with Gasteiger partial charge in [0, 0.05) is 10.7 Å². The number of nitrogens with one attached hydrogen (secondary N) is 1. The fraction of sp³-hybridized carbons (Fsp3) is 0.290. The molecule has 0 aromatic heterocycles. The molecule has 1 heterocycles. The van der Waals surface area contributed by atoms with Crippen LogP contribution in [0.1, 0.15) is 35.2 Å². The Morgan fingerprint density at radius 1 is 0.953 bits per heavy atom. The van der Waals surface area contributed by atoms with Gasteiger partial charge in [-0.15, -0.1) is 0 Å². The molecule has 0 spiro atoms. The Hall–Kier alpha value is -4.38. The summed E-state index contributed by atoms with van der Waals surface area (Å²) in [6.07, 6.45) is -4.46. The Morgan fingerprint density at radius 3 is 2.14 bits per heavy atom. The van der Waals surface area contributed by atoms with Gasteiger partial charge in [-0.3, -0.25) is 0 Å². The minimum atomic E-state index is -4.46. The van der Waals surface area contributed by atoms with E-state index in [1.165, 1.54) is 40.6 Å². The van der Waals surface area contributed by atoms with Gasteiger partial charge >= 0.3 is 12.1 Å². The predicted molar refractivity (Wildman–Crippen MR) is 156 cm³/mol. The van der Waals surface area contributed by atoms with E-state index in [1.54, 1.807) is 42.2 Å². The van der Waals surface area contributed by atoms with E-state index >= 15 is 0 Å². The Morgan fingerprint density at radius 2 is 1.60 bits per heavy atom. The molecule has 1 atom stereocenters. The number of carbonyl (C=O) groups is 1. The number of hydrogen-bond donors (Lipinski definition) is 1. The van der Waals surface area contributed by atoms with Crippen LogP contribution in [0.3, 0.4) is 0 Å². The molecule has 228 valence electrons. The van der Waals surface area contributed by atoms with Crippen molar-refractivity contribution in [1.29, 1.82) is 0 Å². The van der Waals surface area contributed by atoms with Crippen molar-refractivity contribution in [3.63, 3.8) is 0 Å². The van der Waals surface area contributed by atoms with Crippen molar-refractivity contribution in [3.8, 4) is 17.2 Å². The number of nitrogens with zero attached hydrogens (tertiary/aromatic N) is 2. The third kappa shape index (κ3) is 6.99. The third-order valence-electron chi connectivity index (χ3n) is 6.96. The summed E-state index contributed by atoms with van der Waals surface area (Å²) in [6.45, 7) is 2.02. The normalized spacial score (nSPS) is 16.2. The van der Waals surface area contributed by atoms with Crippen molar-refractivity contribution in [2.24, 2.45) is 4.99 Å². The fourth-order valence-corrected chi connectivity index (χ4v) is 5.00. The van der Waals surface area contributed by atoms with Gasteiger partial charge in [-0.05, 0) is 60.0 Å². The summed E-state index contributed by atoms with van der Waals surface area (Å²) < 4.78 is 61.1. The summed E-state index contributed by atoms with van der Waals surface area (Å²) >= 11 is 6.29. The molecule has 1 aliphatic heterocycles. The molecule has 0 saturated carbocycles. The Labute approximate surface area is 252 Å². The van der Waals surface area contributed by atoms with E-state index in [4.69, 9.17) is 35.5 Å². The zero-order valence-electron chi connectivity index (χ0n) is 24.2. The van der Waals surface area contributed by atoms with Crippen molar-refractivity contribution in [1.82, 2.24) is 10.2 Å². The molecule has 0 bridgehead atoms. The maximum atomic E-state index is 13.2. The van der Waals surface area contributed by atoms with Crippen molar-refractivity contribution >= 4 is 23.5 Å². The van der Waals surface area contributed by atoms with E-state index in [9.17, 15) is 18.0 Å². The number of hydrogen-bond acceptors (Lipinski definition) is 6. The molecule has 1 unspecified atom stereocenters. The number of guanidine groups is 1. The highest BCUT2D eigenvalue weighted by Gasteiger charge is 2.36. The first kappa shape index (κ1) is 31.6. The molecule has 0 amide bonds. The van der Waals surface area contributed by atoms with E-state index in [1.807, 2.05) is 6.07 Å². The SMILES string of the molecule is COC(=O)C1=C(C)N(Cc2ccc(C(F)(F)F)cc2)C(=NCc2cc(OC)c(OC)c(OC)c2)NC1c1cccc(Cl)c1. The second-order valence-corrected chi connectivity index (χ2v) is 10.0. The maximum Gasteiger partial charge on any atom is 0.416 e. The van der Waals surface area contributed by atoms with Crippen molar-refractivity contribution in [2.45, 2.75) is 32.2 Å². The minimum Gasteiger partial charge on any atom is -0.493 e. The van der Waals surface area contributed by atoms with Gasteiger partial charge in [-0.2, -0.15) is 13.2 Å². The molecule has 8 nitrogen and oxygen atoms in total. The molecule has 1 aliphatic rings. The van der Waals surface area contributed by atoms with Gasteiger partial charge < -0.3 is 29.2 Å². The molecule has 43 heavy (non-hydrogen) atoms. The largest absolute Gasteiger partial charge is 0.493 e. The van der Waals surface area contributed by atoms with Gasteiger partial charge in [-0.25, -0.2) is 9.79 Å². The zero-order valence-corrected chi connectivity index (χ0v) is 25.0. The van der Waals surface area contributed by atoms with Gasteiger partial charge in [0.15, 0.2) is 17.5 Å². The van der Waals surface area contributed by atoms with Gasteiger partial charge in [0.2, 0.25) is 5.75 Å². The Balaban J connectivity index is 1.82. The average Bonchev–Trinajstić information content (AvgIpc) is 2.99. The first-order chi connectivity index (χ1) is 20.5. The predicted octanol–water partition coefficient (Wildman–Crippen LogP) is 6.53. The fourth-order valence-electron chi connectivity index (χ4n) is 4.80. The van der Waals surface area contributed by atoms with E-state index in [2.05, 4.69) is 5.32 Å². The standard InChI is InChI=1S/C31H31ClF3N3O5/c1-18-26(29(39)43-5)27(21-7-6-8-23(32)15-21)37-30(38(18)17-19-9-11-22(12-10-19)31(33,34)35)36-16-20-13-24(40-2)28(42-4)25(14-20)41-3/h6-15,27H,16-17H2,1-5H3,(H,36,37). The van der Waals surface area contributed by atoms with Crippen LogP contribution < -0.4 is 19.5 Å². The van der Waals surface area contributed by atoms with Crippen LogP contribution >= 0.6 is 11.6 Å². The van der Waals surface area contributed by atoms with Crippen LogP contribution in [0.15, 0.2) is 76.9 Å². The number of ether oxygens (including phenoxy) is 4. The van der Waals surface area contributed by atoms with Crippen molar-refractivity contribution in [3.05, 3.63) is 99.2 Å². The highest BCUT2D eigenvalue weighted by Crippen LogP contribution is 2.39. The molecule has 0 radical (unpaired) electrons. The lowest BCUT2D eigenvalue weighted by molar-refractivity contribution is -0.138. The summed E-state index contributed by atoms with van der Waals surface area (Å²) in [5, 5.41) is 3.82. The Kier molecular flexibility index (Phi) is 9.75. The summed E-state index contributed by atoms with van der Waals surface area (Å²) in [4.78, 5) is 19.7. The third-order valence-corrected chi connectivity index (χ3v) is 7.19. The van der Waals surface area contributed by atoms with Crippen LogP contribution in [0.4, 0.5) is 13.2 Å². The van der Waals surface area contributed by atoms with Crippen molar-refractivity contribution < 1.29 is 36.9 Å². The van der Waals surface area contributed by atoms with Crippen molar-refractivity contribution in [2.75, 3.05) is 28.4 Å². The first-order valence-electron chi connectivity index (χ1n) is 13.1. The number of rotatable bonds is 9. The summed E-state index contributed by atoms with van der Waals surface area (Å²) in [5.74, 6) is 1.15. The van der Waals surface area contributed by atoms with Crippen LogP contribution in [-0.2, 0) is 28.8 Å². The van der Waals surface area contributed by atoms with Crippen LogP contribution in [0.25, 0.3) is 0 Å². The van der Waals surface area contributed by atoms with Gasteiger partial charge in [-0.1, -0.05) is 35.9 Å². The van der Waals surface area contributed by atoms with Crippen LogP contribution in [0, 0.1) is 0 Å². The average molecular weight is 618 g/mol. The lowest BCUT2D eigenvalue weighted by Crippen LogP contribution is -2.48. The highest BCUT2D eigenvalue weighted by atomic mass is 35.5. The topological polar surface area (TPSA) is 81.6 Å². The zero-order chi connectivity index (χ0) is 31.3. The molecule has 0 fully saturated rings. The van der Waals surface area contributed by atoms with Crippen LogP contribution in [0.5, 0.6) is 17.2 Å². The lowest BCUT2D eigenvalue weighted by Gasteiger charge is -2.38. The number of allylic oxidation sites excluding steroid dienone is 1. The highest BCUT2D eigenvalue weighted by molar-refractivity contribution is 6.30. The molecule has 12 heteroatoms. The van der Waals surface area contributed by atoms with E-state index in [0.29, 0.717) is 50.6 Å².